The minimum Gasteiger partial charge on any atom is -0.315 e. The SMILES string of the molecule is CC1C(=O)N(c2ccc(-c3ccn[nH]3)cc2)C(=O)N1C. The maximum Gasteiger partial charge on any atom is 0.331 e. The summed E-state index contributed by atoms with van der Waals surface area (Å²) in [6.45, 7) is 1.72. The molecule has 1 aromatic heterocycles. The highest BCUT2D eigenvalue weighted by Crippen LogP contribution is 2.26. The average molecular weight is 270 g/mol. The molecule has 1 aromatic carbocycles. The number of nitrogens with one attached hydrogen (secondary N) is 1. The molecule has 1 aliphatic heterocycles. The van der Waals surface area contributed by atoms with E-state index in [4.69, 9.17) is 0 Å². The van der Waals surface area contributed by atoms with Crippen molar-refractivity contribution in [3.05, 3.63) is 36.5 Å². The second-order valence-corrected chi connectivity index (χ2v) is 4.76. The third kappa shape index (κ3) is 1.77. The lowest BCUT2D eigenvalue weighted by atomic mass is 10.1. The summed E-state index contributed by atoms with van der Waals surface area (Å²) in [6.07, 6.45) is 1.67. The van der Waals surface area contributed by atoms with Gasteiger partial charge in [0.1, 0.15) is 6.04 Å². The Bertz CT molecular complexity index is 628. The molecule has 0 spiro atoms. The largest absolute Gasteiger partial charge is 0.331 e. The molecule has 6 heteroatoms. The van der Waals surface area contributed by atoms with E-state index in [0.29, 0.717) is 5.69 Å². The Morgan fingerprint density at radius 3 is 2.35 bits per heavy atom. The van der Waals surface area contributed by atoms with Crippen LogP contribution in [-0.4, -0.2) is 40.1 Å². The molecule has 1 fully saturated rings. The van der Waals surface area contributed by atoms with Crippen LogP contribution in [0, 0.1) is 0 Å². The van der Waals surface area contributed by atoms with E-state index >= 15 is 0 Å². The van der Waals surface area contributed by atoms with Crippen LogP contribution in [0.3, 0.4) is 0 Å². The summed E-state index contributed by atoms with van der Waals surface area (Å²) < 4.78 is 0. The number of imide groups is 1. The average Bonchev–Trinajstić information content (AvgIpc) is 3.05. The molecule has 6 nitrogen and oxygen atoms in total. The zero-order valence-electron chi connectivity index (χ0n) is 11.2. The first kappa shape index (κ1) is 12.4. The number of rotatable bonds is 2. The van der Waals surface area contributed by atoms with E-state index in [1.807, 2.05) is 18.2 Å². The summed E-state index contributed by atoms with van der Waals surface area (Å²) in [5, 5.41) is 6.76. The van der Waals surface area contributed by atoms with Gasteiger partial charge in [0.15, 0.2) is 0 Å². The molecule has 0 saturated carbocycles. The minimum atomic E-state index is -0.421. The van der Waals surface area contributed by atoms with Crippen molar-refractivity contribution in [2.24, 2.45) is 0 Å². The number of anilines is 1. The van der Waals surface area contributed by atoms with Gasteiger partial charge in [-0.15, -0.1) is 0 Å². The Labute approximate surface area is 116 Å². The summed E-state index contributed by atoms with van der Waals surface area (Å²) in [7, 11) is 1.63. The first-order chi connectivity index (χ1) is 9.59. The van der Waals surface area contributed by atoms with Crippen molar-refractivity contribution in [2.45, 2.75) is 13.0 Å². The summed E-state index contributed by atoms with van der Waals surface area (Å²) >= 11 is 0. The lowest BCUT2D eigenvalue weighted by Gasteiger charge is -2.14. The number of benzene rings is 1. The van der Waals surface area contributed by atoms with Gasteiger partial charge >= 0.3 is 6.03 Å². The Morgan fingerprint density at radius 1 is 1.15 bits per heavy atom. The maximum absolute atomic E-state index is 12.1. The topological polar surface area (TPSA) is 69.3 Å². The van der Waals surface area contributed by atoms with Gasteiger partial charge in [0.2, 0.25) is 0 Å². The van der Waals surface area contributed by atoms with Gasteiger partial charge in [0.05, 0.1) is 11.4 Å². The fraction of sp³-hybridized carbons (Fsp3) is 0.214. The number of urea groups is 1. The molecular formula is C14H14N4O2. The van der Waals surface area contributed by atoms with Gasteiger partial charge in [-0.05, 0) is 30.7 Å². The second-order valence-electron chi connectivity index (χ2n) is 4.76. The first-order valence-corrected chi connectivity index (χ1v) is 6.30. The maximum atomic E-state index is 12.1. The van der Waals surface area contributed by atoms with Crippen molar-refractivity contribution in [2.75, 3.05) is 11.9 Å². The van der Waals surface area contributed by atoms with E-state index in [1.54, 1.807) is 32.3 Å². The molecule has 1 unspecified atom stereocenters. The number of hydrogen-bond acceptors (Lipinski definition) is 3. The van der Waals surface area contributed by atoms with Crippen LogP contribution in [0.1, 0.15) is 6.92 Å². The van der Waals surface area contributed by atoms with Crippen molar-refractivity contribution < 1.29 is 9.59 Å². The van der Waals surface area contributed by atoms with Crippen LogP contribution in [0.4, 0.5) is 10.5 Å². The molecule has 20 heavy (non-hydrogen) atoms. The first-order valence-electron chi connectivity index (χ1n) is 6.30. The van der Waals surface area contributed by atoms with Crippen LogP contribution in [0.25, 0.3) is 11.3 Å². The molecular weight excluding hydrogens is 256 g/mol. The Balaban J connectivity index is 1.92. The van der Waals surface area contributed by atoms with E-state index < -0.39 is 6.04 Å². The van der Waals surface area contributed by atoms with E-state index in [9.17, 15) is 9.59 Å². The van der Waals surface area contributed by atoms with Crippen molar-refractivity contribution in [3.8, 4) is 11.3 Å². The van der Waals surface area contributed by atoms with Crippen LogP contribution in [-0.2, 0) is 4.79 Å². The smallest absolute Gasteiger partial charge is 0.315 e. The van der Waals surface area contributed by atoms with E-state index in [-0.39, 0.29) is 11.9 Å². The molecule has 1 saturated heterocycles. The molecule has 3 rings (SSSR count). The highest BCUT2D eigenvalue weighted by molar-refractivity contribution is 6.21. The van der Waals surface area contributed by atoms with Crippen LogP contribution in [0.15, 0.2) is 36.5 Å². The van der Waals surface area contributed by atoms with Gasteiger partial charge in [-0.1, -0.05) is 12.1 Å². The number of aromatic amines is 1. The number of nitrogens with zero attached hydrogens (tertiary/aromatic N) is 3. The molecule has 0 aliphatic carbocycles. The number of carbonyl (C=O) groups excluding carboxylic acids is 2. The number of aromatic nitrogens is 2. The van der Waals surface area contributed by atoms with Gasteiger partial charge in [-0.25, -0.2) is 9.69 Å². The van der Waals surface area contributed by atoms with Crippen LogP contribution in [0.5, 0.6) is 0 Å². The number of carbonyl (C=O) groups is 2. The monoisotopic (exact) mass is 270 g/mol. The Morgan fingerprint density at radius 2 is 1.85 bits per heavy atom. The fourth-order valence-electron chi connectivity index (χ4n) is 2.21. The van der Waals surface area contributed by atoms with Crippen molar-refractivity contribution >= 4 is 17.6 Å². The number of amides is 3. The van der Waals surface area contributed by atoms with Crippen molar-refractivity contribution in [1.29, 1.82) is 0 Å². The van der Waals surface area contributed by atoms with Crippen LogP contribution >= 0.6 is 0 Å². The van der Waals surface area contributed by atoms with Gasteiger partial charge in [-0.3, -0.25) is 9.89 Å². The molecule has 1 aliphatic rings. The molecule has 2 aromatic rings. The summed E-state index contributed by atoms with van der Waals surface area (Å²) in [5.41, 5.74) is 2.42. The third-order valence-corrected chi connectivity index (χ3v) is 3.59. The fourth-order valence-corrected chi connectivity index (χ4v) is 2.21. The van der Waals surface area contributed by atoms with Crippen molar-refractivity contribution in [3.63, 3.8) is 0 Å². The number of H-pyrrole nitrogens is 1. The Hall–Kier alpha value is -2.63. The van der Waals surface area contributed by atoms with Gasteiger partial charge < -0.3 is 4.90 Å². The van der Waals surface area contributed by atoms with Gasteiger partial charge in [0.25, 0.3) is 5.91 Å². The van der Waals surface area contributed by atoms with Crippen LogP contribution < -0.4 is 4.90 Å². The highest BCUT2D eigenvalue weighted by atomic mass is 16.2. The third-order valence-electron chi connectivity index (χ3n) is 3.59. The van der Waals surface area contributed by atoms with Gasteiger partial charge in [0, 0.05) is 13.2 Å². The second kappa shape index (κ2) is 4.48. The summed E-state index contributed by atoms with van der Waals surface area (Å²) in [4.78, 5) is 26.8. The normalized spacial score (nSPS) is 19.0. The molecule has 1 N–H and O–H groups in total. The predicted molar refractivity (Wildman–Crippen MR) is 74.1 cm³/mol. The zero-order chi connectivity index (χ0) is 14.3. The van der Waals surface area contributed by atoms with E-state index in [0.717, 1.165) is 11.3 Å². The van der Waals surface area contributed by atoms with Crippen molar-refractivity contribution in [1.82, 2.24) is 15.1 Å². The zero-order valence-corrected chi connectivity index (χ0v) is 11.2. The molecule has 2 heterocycles. The van der Waals surface area contributed by atoms with Crippen LogP contribution in [0.2, 0.25) is 0 Å². The molecule has 1 atom stereocenters. The standard InChI is InChI=1S/C14H14N4O2/c1-9-13(19)18(14(20)17(9)2)11-5-3-10(4-6-11)12-7-8-15-16-12/h3-9H,1-2H3,(H,15,16). The summed E-state index contributed by atoms with van der Waals surface area (Å²) in [6, 6.07) is 8.37. The highest BCUT2D eigenvalue weighted by Gasteiger charge is 2.41. The predicted octanol–water partition coefficient (Wildman–Crippen LogP) is 1.86. The Kier molecular flexibility index (Phi) is 2.78. The molecule has 102 valence electrons. The molecule has 0 bridgehead atoms. The van der Waals surface area contributed by atoms with Gasteiger partial charge in [-0.2, -0.15) is 5.10 Å². The number of hydrogen-bond donors (Lipinski definition) is 1. The lowest BCUT2D eigenvalue weighted by molar-refractivity contribution is -0.119. The van der Waals surface area contributed by atoms with E-state index in [2.05, 4.69) is 10.2 Å². The minimum absolute atomic E-state index is 0.202. The van der Waals surface area contributed by atoms with E-state index in [1.165, 1.54) is 9.80 Å². The summed E-state index contributed by atoms with van der Waals surface area (Å²) in [5.74, 6) is -0.202. The molecule has 3 amide bonds. The quantitative estimate of drug-likeness (QED) is 0.847. The molecule has 0 radical (unpaired) electrons. The number of likely N-dealkylation sites (N-methyl/N-ethyl adjacent to an activating group) is 1. The lowest BCUT2D eigenvalue weighted by Crippen LogP contribution is -2.31.